The van der Waals surface area contributed by atoms with E-state index in [9.17, 15) is 21.4 Å². The molecule has 17 heavy (non-hydrogen) atoms. The van der Waals surface area contributed by atoms with Gasteiger partial charge in [-0.3, -0.25) is 0 Å². The summed E-state index contributed by atoms with van der Waals surface area (Å²) in [5, 5.41) is -1.03. The first-order valence-electron chi connectivity index (χ1n) is 4.43. The molecule has 0 atom stereocenters. The second-order valence-electron chi connectivity index (χ2n) is 3.15. The van der Waals surface area contributed by atoms with Gasteiger partial charge in [-0.25, -0.2) is 0 Å². The van der Waals surface area contributed by atoms with E-state index in [0.717, 1.165) is 12.1 Å². The first-order chi connectivity index (χ1) is 8.07. The number of hydrogen-bond donors (Lipinski definition) is 0. The van der Waals surface area contributed by atoms with Crippen molar-refractivity contribution < 1.29 is 25.2 Å². The second-order valence-corrected chi connectivity index (χ2v) is 3.58. The number of hydrogen-bond acceptors (Lipinski definition) is 2. The normalized spacial score (nSPS) is 10.4. The van der Waals surface area contributed by atoms with E-state index in [-0.39, 0.29) is 5.39 Å². The van der Waals surface area contributed by atoms with Crippen molar-refractivity contribution in [2.24, 2.45) is 0 Å². The summed E-state index contributed by atoms with van der Waals surface area (Å²) in [7, 11) is 0. The van der Waals surface area contributed by atoms with Crippen LogP contribution < -0.4 is 3.79 Å². The van der Waals surface area contributed by atoms with Crippen molar-refractivity contribution in [3.63, 3.8) is 0 Å². The molecule has 0 heterocycles. The Morgan fingerprint density at radius 1 is 1.00 bits per heavy atom. The van der Waals surface area contributed by atoms with Crippen molar-refractivity contribution in [3.05, 3.63) is 41.5 Å². The maximum absolute atomic E-state index is 13.4. The van der Waals surface area contributed by atoms with Crippen molar-refractivity contribution in [1.82, 2.24) is 0 Å². The van der Waals surface area contributed by atoms with Gasteiger partial charge >= 0.3 is 98.6 Å². The van der Waals surface area contributed by atoms with Gasteiger partial charge in [0.05, 0.1) is 0 Å². The van der Waals surface area contributed by atoms with E-state index in [2.05, 4.69) is 3.79 Å². The monoisotopic (exact) mass is 258 g/mol. The van der Waals surface area contributed by atoms with Crippen LogP contribution in [0.15, 0.2) is 18.2 Å². The number of fused-ring (bicyclic) bond motifs is 1. The van der Waals surface area contributed by atoms with Gasteiger partial charge in [0.25, 0.3) is 0 Å². The summed E-state index contributed by atoms with van der Waals surface area (Å²) in [6, 6.07) is 3.23. The molecule has 0 unspecified atom stereocenters. The van der Waals surface area contributed by atoms with Crippen LogP contribution in [0, 0.1) is 23.3 Å². The summed E-state index contributed by atoms with van der Waals surface area (Å²) in [5.41, 5.74) is 0. The molecule has 0 aromatic heterocycles. The van der Waals surface area contributed by atoms with Crippen molar-refractivity contribution >= 4 is 26.3 Å². The zero-order chi connectivity index (χ0) is 12.6. The van der Waals surface area contributed by atoms with E-state index >= 15 is 0 Å². The van der Waals surface area contributed by atoms with Crippen LogP contribution in [0.2, 0.25) is 0 Å². The summed E-state index contributed by atoms with van der Waals surface area (Å²) in [5.74, 6) is -6.91. The van der Waals surface area contributed by atoms with Gasteiger partial charge in [-0.1, -0.05) is 0 Å². The van der Waals surface area contributed by atoms with Crippen molar-refractivity contribution in [1.29, 1.82) is 0 Å². The SMILES string of the molecule is [O]=[Al][O]c1c(F)c(F)c(F)c2c(F)cccc12. The van der Waals surface area contributed by atoms with E-state index in [4.69, 9.17) is 0 Å². The quantitative estimate of drug-likeness (QED) is 0.470. The number of rotatable bonds is 2. The molecule has 0 radical (unpaired) electrons. The molecular weight excluding hydrogens is 255 g/mol. The van der Waals surface area contributed by atoms with Crippen LogP contribution in [0.3, 0.4) is 0 Å². The fourth-order valence-corrected chi connectivity index (χ4v) is 1.85. The van der Waals surface area contributed by atoms with E-state index in [1.807, 2.05) is 0 Å². The predicted octanol–water partition coefficient (Wildman–Crippen LogP) is 2.74. The Hall–Kier alpha value is -1.45. The molecule has 7 heteroatoms. The Kier molecular flexibility index (Phi) is 3.14. The Labute approximate surface area is 99.1 Å². The third kappa shape index (κ3) is 1.81. The molecule has 86 valence electrons. The van der Waals surface area contributed by atoms with Crippen LogP contribution in [0.5, 0.6) is 5.75 Å². The van der Waals surface area contributed by atoms with Crippen molar-refractivity contribution in [2.75, 3.05) is 0 Å². The molecule has 0 amide bonds. The van der Waals surface area contributed by atoms with Crippen LogP contribution in [0.1, 0.15) is 0 Å². The van der Waals surface area contributed by atoms with Crippen molar-refractivity contribution in [2.45, 2.75) is 0 Å². The first-order valence-corrected chi connectivity index (χ1v) is 5.37. The Morgan fingerprint density at radius 3 is 2.35 bits per heavy atom. The van der Waals surface area contributed by atoms with Gasteiger partial charge in [-0.15, -0.1) is 0 Å². The average Bonchev–Trinajstić information content (AvgIpc) is 2.31. The van der Waals surface area contributed by atoms with Crippen LogP contribution in [-0.4, -0.2) is 15.5 Å². The summed E-state index contributed by atoms with van der Waals surface area (Å²) < 4.78 is 67.9. The molecular formula is C10H3AlF4O2. The second kappa shape index (κ2) is 4.43. The van der Waals surface area contributed by atoms with E-state index < -0.39 is 49.9 Å². The first kappa shape index (κ1) is 12.0. The molecule has 2 nitrogen and oxygen atoms in total. The third-order valence-corrected chi connectivity index (χ3v) is 2.56. The number of halogens is 4. The Balaban J connectivity index is 2.98. The molecule has 0 fully saturated rings. The topological polar surface area (TPSA) is 26.3 Å². The molecule has 0 aliphatic rings. The third-order valence-electron chi connectivity index (χ3n) is 2.23. The van der Waals surface area contributed by atoms with Crippen molar-refractivity contribution in [3.8, 4) is 5.75 Å². The van der Waals surface area contributed by atoms with Gasteiger partial charge in [0.2, 0.25) is 0 Å². The molecule has 0 aliphatic carbocycles. The zero-order valence-electron chi connectivity index (χ0n) is 8.14. The summed E-state index contributed by atoms with van der Waals surface area (Å²) in [6.07, 6.45) is 0. The maximum atomic E-state index is 13.4. The predicted molar refractivity (Wildman–Crippen MR) is 50.8 cm³/mol. The standard InChI is InChI=1S/C10H4F4O.Al.O/c11-5-3-1-2-4-6(5)7(12)8(13)9(14)10(4)15;;/h1-3,15H;;/q;+1;/p-1. The van der Waals surface area contributed by atoms with Gasteiger partial charge < -0.3 is 0 Å². The van der Waals surface area contributed by atoms with Gasteiger partial charge in [-0.2, -0.15) is 0 Å². The van der Waals surface area contributed by atoms with Gasteiger partial charge in [0.1, 0.15) is 0 Å². The molecule has 2 rings (SSSR count). The summed E-state index contributed by atoms with van der Waals surface area (Å²) in [4.78, 5) is 0. The molecule has 0 N–H and O–H groups in total. The van der Waals surface area contributed by atoms with E-state index in [1.54, 1.807) is 0 Å². The van der Waals surface area contributed by atoms with Crippen LogP contribution in [0.25, 0.3) is 10.8 Å². The van der Waals surface area contributed by atoms with Gasteiger partial charge in [0.15, 0.2) is 0 Å². The average molecular weight is 258 g/mol. The van der Waals surface area contributed by atoms with Gasteiger partial charge in [-0.05, 0) is 0 Å². The molecule has 2 aromatic carbocycles. The zero-order valence-corrected chi connectivity index (χ0v) is 9.29. The molecule has 0 saturated heterocycles. The molecule has 0 saturated carbocycles. The van der Waals surface area contributed by atoms with Crippen LogP contribution >= 0.6 is 0 Å². The molecule has 0 spiro atoms. The minimum atomic E-state index is -1.88. The molecule has 0 aliphatic heterocycles. The van der Waals surface area contributed by atoms with E-state index in [0.29, 0.717) is 0 Å². The Morgan fingerprint density at radius 2 is 1.71 bits per heavy atom. The minimum absolute atomic E-state index is 0.301. The fourth-order valence-electron chi connectivity index (χ4n) is 1.52. The van der Waals surface area contributed by atoms with Gasteiger partial charge in [0, 0.05) is 0 Å². The fraction of sp³-hybridized carbons (Fsp3) is 0. The van der Waals surface area contributed by atoms with Crippen LogP contribution in [-0.2, 0) is 3.80 Å². The number of benzene rings is 2. The molecule has 0 bridgehead atoms. The molecule has 2 aromatic rings. The summed E-state index contributed by atoms with van der Waals surface area (Å²) >= 11 is -1.88. The summed E-state index contributed by atoms with van der Waals surface area (Å²) in [6.45, 7) is 0. The van der Waals surface area contributed by atoms with E-state index in [1.165, 1.54) is 6.07 Å². The Bertz CT molecular complexity index is 615. The van der Waals surface area contributed by atoms with Crippen LogP contribution in [0.4, 0.5) is 17.6 Å².